The van der Waals surface area contributed by atoms with Gasteiger partial charge in [0.05, 0.1) is 18.4 Å². The van der Waals surface area contributed by atoms with Crippen LogP contribution in [-0.4, -0.2) is 41.1 Å². The molecule has 0 atom stereocenters. The third-order valence-corrected chi connectivity index (χ3v) is 6.66. The van der Waals surface area contributed by atoms with Crippen LogP contribution in [0.5, 0.6) is 0 Å². The van der Waals surface area contributed by atoms with Crippen molar-refractivity contribution in [3.8, 4) is 0 Å². The molecule has 0 fully saturated rings. The number of carbonyl (C=O) groups excluding carboxylic acids is 1. The normalized spacial score (nSPS) is 11.8. The molecule has 2 aromatic rings. The van der Waals surface area contributed by atoms with Crippen molar-refractivity contribution in [1.29, 1.82) is 0 Å². The van der Waals surface area contributed by atoms with Gasteiger partial charge in [0, 0.05) is 25.2 Å². The van der Waals surface area contributed by atoms with Crippen molar-refractivity contribution in [2.75, 3.05) is 31.6 Å². The topological polar surface area (TPSA) is 75.7 Å². The van der Waals surface area contributed by atoms with Crippen molar-refractivity contribution >= 4 is 21.7 Å². The highest BCUT2D eigenvalue weighted by Crippen LogP contribution is 2.35. The van der Waals surface area contributed by atoms with E-state index in [9.17, 15) is 30.8 Å². The van der Waals surface area contributed by atoms with Gasteiger partial charge >= 0.3 is 12.1 Å². The minimum Gasteiger partial charge on any atom is -0.466 e. The standard InChI is InChI=1S/C24H28F4N2O4S/c1-4-5-14-30(16-17(2)23(31)34-3)21-11-8-19(24(26,27)28)15-22(21)35(32,33)29-13-12-18-6-9-20(25)10-7-18/h6-11,15,29H,2,4-5,12-14,16H2,1,3H3. The highest BCUT2D eigenvalue weighted by atomic mass is 32.2. The number of rotatable bonds is 12. The van der Waals surface area contributed by atoms with Gasteiger partial charge in [0.1, 0.15) is 10.7 Å². The zero-order valence-corrected chi connectivity index (χ0v) is 20.3. The Balaban J connectivity index is 2.43. The molecule has 0 heterocycles. The zero-order chi connectivity index (χ0) is 26.2. The molecule has 2 rings (SSSR count). The van der Waals surface area contributed by atoms with Crippen molar-refractivity contribution in [1.82, 2.24) is 4.72 Å². The van der Waals surface area contributed by atoms with Gasteiger partial charge in [-0.05, 0) is 48.7 Å². The second-order valence-electron chi connectivity index (χ2n) is 7.82. The molecule has 2 aromatic carbocycles. The first-order chi connectivity index (χ1) is 16.4. The van der Waals surface area contributed by atoms with Crippen LogP contribution in [0.25, 0.3) is 0 Å². The number of anilines is 1. The van der Waals surface area contributed by atoms with E-state index in [2.05, 4.69) is 16.0 Å². The minimum atomic E-state index is -4.76. The maximum Gasteiger partial charge on any atom is 0.416 e. The van der Waals surface area contributed by atoms with Gasteiger partial charge in [-0.3, -0.25) is 0 Å². The molecular formula is C24H28F4N2O4S. The Labute approximate surface area is 202 Å². The van der Waals surface area contributed by atoms with Gasteiger partial charge in [-0.1, -0.05) is 32.1 Å². The van der Waals surface area contributed by atoms with E-state index in [1.807, 2.05) is 6.92 Å². The number of sulfonamides is 1. The zero-order valence-electron chi connectivity index (χ0n) is 19.5. The Morgan fingerprint density at radius 1 is 1.14 bits per heavy atom. The van der Waals surface area contributed by atoms with E-state index in [1.165, 1.54) is 36.3 Å². The molecule has 0 aliphatic carbocycles. The number of alkyl halides is 3. The fraction of sp³-hybridized carbons (Fsp3) is 0.375. The lowest BCUT2D eigenvalue weighted by Gasteiger charge is -2.28. The van der Waals surface area contributed by atoms with Gasteiger partial charge in [-0.15, -0.1) is 0 Å². The number of hydrogen-bond donors (Lipinski definition) is 1. The number of unbranched alkanes of at least 4 members (excludes halogenated alkanes) is 1. The van der Waals surface area contributed by atoms with E-state index in [0.29, 0.717) is 18.1 Å². The van der Waals surface area contributed by atoms with Crippen molar-refractivity contribution in [2.45, 2.75) is 37.3 Å². The summed E-state index contributed by atoms with van der Waals surface area (Å²) in [6, 6.07) is 7.90. The average Bonchev–Trinajstić information content (AvgIpc) is 2.81. The molecule has 0 aromatic heterocycles. The molecule has 0 amide bonds. The van der Waals surface area contributed by atoms with E-state index in [0.717, 1.165) is 18.6 Å². The highest BCUT2D eigenvalue weighted by molar-refractivity contribution is 7.89. The van der Waals surface area contributed by atoms with Gasteiger partial charge in [-0.2, -0.15) is 13.2 Å². The SMILES string of the molecule is C=C(CN(CCCC)c1ccc(C(F)(F)F)cc1S(=O)(=O)NCCc1ccc(F)cc1)C(=O)OC. The summed E-state index contributed by atoms with van der Waals surface area (Å²) in [5.74, 6) is -1.15. The number of ether oxygens (including phenoxy) is 1. The van der Waals surface area contributed by atoms with Crippen LogP contribution in [0, 0.1) is 5.82 Å². The number of carbonyl (C=O) groups is 1. The van der Waals surface area contributed by atoms with Crippen molar-refractivity contribution < 1.29 is 35.5 Å². The van der Waals surface area contributed by atoms with Crippen molar-refractivity contribution in [3.63, 3.8) is 0 Å². The average molecular weight is 517 g/mol. The van der Waals surface area contributed by atoms with Gasteiger partial charge in [0.25, 0.3) is 0 Å². The van der Waals surface area contributed by atoms with Gasteiger partial charge < -0.3 is 9.64 Å². The molecule has 0 bridgehead atoms. The third-order valence-electron chi connectivity index (χ3n) is 5.17. The Kier molecular flexibility index (Phi) is 9.84. The first kappa shape index (κ1) is 28.3. The Morgan fingerprint density at radius 2 is 1.80 bits per heavy atom. The molecule has 192 valence electrons. The number of esters is 1. The smallest absolute Gasteiger partial charge is 0.416 e. The van der Waals surface area contributed by atoms with Crippen LogP contribution in [0.15, 0.2) is 59.5 Å². The lowest BCUT2D eigenvalue weighted by atomic mass is 10.1. The monoisotopic (exact) mass is 516 g/mol. The summed E-state index contributed by atoms with van der Waals surface area (Å²) in [5, 5.41) is 0. The van der Waals surface area contributed by atoms with E-state index in [4.69, 9.17) is 0 Å². The van der Waals surface area contributed by atoms with Crippen LogP contribution in [0.2, 0.25) is 0 Å². The molecule has 0 spiro atoms. The second-order valence-corrected chi connectivity index (χ2v) is 9.56. The lowest BCUT2D eigenvalue weighted by Crippen LogP contribution is -2.33. The number of halogens is 4. The highest BCUT2D eigenvalue weighted by Gasteiger charge is 2.34. The molecule has 6 nitrogen and oxygen atoms in total. The summed E-state index contributed by atoms with van der Waals surface area (Å²) >= 11 is 0. The van der Waals surface area contributed by atoms with E-state index < -0.39 is 38.4 Å². The largest absolute Gasteiger partial charge is 0.466 e. The first-order valence-corrected chi connectivity index (χ1v) is 12.3. The minimum absolute atomic E-state index is 0.00536. The van der Waals surface area contributed by atoms with Crippen LogP contribution in [0.3, 0.4) is 0 Å². The van der Waals surface area contributed by atoms with E-state index in [1.54, 1.807) is 0 Å². The number of methoxy groups -OCH3 is 1. The molecule has 35 heavy (non-hydrogen) atoms. The molecule has 0 saturated carbocycles. The predicted molar refractivity (Wildman–Crippen MR) is 125 cm³/mol. The second kappa shape index (κ2) is 12.2. The van der Waals surface area contributed by atoms with Crippen LogP contribution < -0.4 is 9.62 Å². The maximum absolute atomic E-state index is 13.4. The third kappa shape index (κ3) is 8.07. The lowest BCUT2D eigenvalue weighted by molar-refractivity contribution is -0.138. The van der Waals surface area contributed by atoms with Crippen LogP contribution in [0.4, 0.5) is 23.2 Å². The number of benzene rings is 2. The summed E-state index contributed by atoms with van der Waals surface area (Å²) in [6.07, 6.45) is -3.25. The molecule has 0 radical (unpaired) electrons. The van der Waals surface area contributed by atoms with Gasteiger partial charge in [0.15, 0.2) is 0 Å². The molecule has 0 unspecified atom stereocenters. The predicted octanol–water partition coefficient (Wildman–Crippen LogP) is 4.70. The molecule has 0 saturated heterocycles. The first-order valence-electron chi connectivity index (χ1n) is 10.9. The molecule has 11 heteroatoms. The molecule has 1 N–H and O–H groups in total. The van der Waals surface area contributed by atoms with Gasteiger partial charge in [-0.25, -0.2) is 22.3 Å². The summed E-state index contributed by atoms with van der Waals surface area (Å²) < 4.78 is 86.6. The van der Waals surface area contributed by atoms with Gasteiger partial charge in [0.2, 0.25) is 10.0 Å². The fourth-order valence-corrected chi connectivity index (χ4v) is 4.58. The van der Waals surface area contributed by atoms with Crippen molar-refractivity contribution in [2.24, 2.45) is 0 Å². The molecular weight excluding hydrogens is 488 g/mol. The Hall–Kier alpha value is -2.92. The molecule has 0 aliphatic rings. The van der Waals surface area contributed by atoms with Crippen molar-refractivity contribution in [3.05, 3.63) is 71.6 Å². The quantitative estimate of drug-likeness (QED) is 0.252. The Bertz CT molecular complexity index is 1130. The number of hydrogen-bond acceptors (Lipinski definition) is 5. The summed E-state index contributed by atoms with van der Waals surface area (Å²) in [4.78, 5) is 12.8. The van der Waals surface area contributed by atoms with E-state index in [-0.39, 0.29) is 37.3 Å². The fourth-order valence-electron chi connectivity index (χ4n) is 3.30. The summed E-state index contributed by atoms with van der Waals surface area (Å²) in [6.45, 7) is 5.57. The van der Waals surface area contributed by atoms with Crippen LogP contribution >= 0.6 is 0 Å². The van der Waals surface area contributed by atoms with Crippen LogP contribution in [0.1, 0.15) is 30.9 Å². The van der Waals surface area contributed by atoms with E-state index >= 15 is 0 Å². The molecule has 0 aliphatic heterocycles. The summed E-state index contributed by atoms with van der Waals surface area (Å²) in [5.41, 5.74) is -0.443. The summed E-state index contributed by atoms with van der Waals surface area (Å²) in [7, 11) is -3.23. The maximum atomic E-state index is 13.4. The number of nitrogens with one attached hydrogen (secondary N) is 1. The number of nitrogens with zero attached hydrogens (tertiary/aromatic N) is 1. The Morgan fingerprint density at radius 3 is 2.37 bits per heavy atom. The van der Waals surface area contributed by atoms with Crippen LogP contribution in [-0.2, 0) is 32.2 Å².